The lowest BCUT2D eigenvalue weighted by Gasteiger charge is -2.30. The Kier molecular flexibility index (Phi) is 12.3. The lowest BCUT2D eigenvalue weighted by molar-refractivity contribution is -0.136. The summed E-state index contributed by atoms with van der Waals surface area (Å²) in [6, 6.07) is 24.5. The average Bonchev–Trinajstić information content (AvgIpc) is 4.08. The molecule has 0 spiro atoms. The molecule has 0 bridgehead atoms. The molecule has 0 radical (unpaired) electrons. The number of alkyl carbamates (subject to hydrolysis) is 2. The van der Waals surface area contributed by atoms with Gasteiger partial charge >= 0.3 is 12.2 Å². The third-order valence-electron chi connectivity index (χ3n) is 11.9. The van der Waals surface area contributed by atoms with E-state index in [2.05, 4.69) is 44.9 Å². The molecule has 64 heavy (non-hydrogen) atoms. The zero-order chi connectivity index (χ0) is 45.3. The zero-order valence-electron chi connectivity index (χ0n) is 36.9. The van der Waals surface area contributed by atoms with Crippen molar-refractivity contribution < 1.29 is 28.7 Å². The van der Waals surface area contributed by atoms with E-state index < -0.39 is 35.9 Å². The van der Waals surface area contributed by atoms with Crippen LogP contribution < -0.4 is 16.2 Å². The average molecular weight is 867 g/mol. The topological polar surface area (TPSA) is 192 Å². The van der Waals surface area contributed by atoms with Gasteiger partial charge in [-0.2, -0.15) is 0 Å². The largest absolute Gasteiger partial charge is 0.453 e. The molecular formula is C49H54N8O7. The van der Waals surface area contributed by atoms with Crippen LogP contribution in [0.15, 0.2) is 95.9 Å². The fourth-order valence-electron chi connectivity index (χ4n) is 8.77. The van der Waals surface area contributed by atoms with Crippen LogP contribution in [-0.2, 0) is 19.1 Å². The van der Waals surface area contributed by atoms with Crippen LogP contribution in [0.25, 0.3) is 44.1 Å². The Morgan fingerprint density at radius 1 is 0.750 bits per heavy atom. The lowest BCUT2D eigenvalue weighted by atomic mass is 9.98. The first kappa shape index (κ1) is 43.6. The molecule has 4 atom stereocenters. The number of H-pyrrole nitrogens is 2. The van der Waals surface area contributed by atoms with Gasteiger partial charge in [0.1, 0.15) is 29.3 Å². The Morgan fingerprint density at radius 2 is 1.38 bits per heavy atom. The summed E-state index contributed by atoms with van der Waals surface area (Å²) < 4.78 is 10.3. The summed E-state index contributed by atoms with van der Waals surface area (Å²) in [5.41, 5.74) is 3.66. The van der Waals surface area contributed by atoms with Gasteiger partial charge in [-0.15, -0.1) is 0 Å². The molecule has 8 rings (SSSR count). The minimum atomic E-state index is -1.00. The van der Waals surface area contributed by atoms with Crippen LogP contribution in [-0.4, -0.2) is 85.6 Å². The van der Waals surface area contributed by atoms with Gasteiger partial charge in [-0.1, -0.05) is 74.5 Å². The minimum Gasteiger partial charge on any atom is -0.453 e. The van der Waals surface area contributed by atoms with Gasteiger partial charge in [0.05, 0.1) is 42.0 Å². The number of nitrogens with one attached hydrogen (secondary N) is 4. The van der Waals surface area contributed by atoms with Crippen molar-refractivity contribution in [1.29, 1.82) is 0 Å². The third kappa shape index (κ3) is 9.19. The molecule has 4 heterocycles. The number of rotatable bonds is 10. The number of likely N-dealkylation sites (tertiary alicyclic amines) is 2. The Labute approximate surface area is 371 Å². The van der Waals surface area contributed by atoms with Crippen molar-refractivity contribution in [1.82, 2.24) is 40.4 Å². The molecule has 0 unspecified atom stereocenters. The van der Waals surface area contributed by atoms with Gasteiger partial charge < -0.3 is 39.9 Å². The lowest BCUT2D eigenvalue weighted by Crippen LogP contribution is -2.51. The van der Waals surface area contributed by atoms with Crippen LogP contribution in [0.1, 0.15) is 95.6 Å². The number of hydrogen-bond donors (Lipinski definition) is 4. The van der Waals surface area contributed by atoms with E-state index in [1.54, 1.807) is 55.0 Å². The summed E-state index contributed by atoms with van der Waals surface area (Å²) in [7, 11) is 1.28. The van der Waals surface area contributed by atoms with Gasteiger partial charge in [0.2, 0.25) is 5.91 Å². The molecule has 15 heteroatoms. The third-order valence-corrected chi connectivity index (χ3v) is 11.9. The number of fused-ring (bicyclic) bond motifs is 2. The van der Waals surface area contributed by atoms with Crippen molar-refractivity contribution >= 4 is 45.7 Å². The number of carbonyl (C=O) groups excluding carboxylic acids is 4. The number of aromatic amines is 2. The van der Waals surface area contributed by atoms with E-state index >= 15 is 0 Å². The molecule has 2 aliphatic heterocycles. The van der Waals surface area contributed by atoms with Crippen molar-refractivity contribution in [3.05, 3.63) is 119 Å². The number of imidazole rings is 1. The summed E-state index contributed by atoms with van der Waals surface area (Å²) in [5, 5.41) is 7.94. The number of methoxy groups -OCH3 is 1. The van der Waals surface area contributed by atoms with Crippen molar-refractivity contribution in [2.75, 3.05) is 20.2 Å². The molecule has 4 N–H and O–H groups in total. The maximum atomic E-state index is 14.3. The second kappa shape index (κ2) is 18.0. The number of carbonyl (C=O) groups is 4. The van der Waals surface area contributed by atoms with Crippen LogP contribution in [0.5, 0.6) is 0 Å². The van der Waals surface area contributed by atoms with Gasteiger partial charge in [-0.05, 0) is 104 Å². The molecule has 0 aliphatic carbocycles. The van der Waals surface area contributed by atoms with Gasteiger partial charge in [0, 0.05) is 18.7 Å². The molecule has 4 amide bonds. The maximum absolute atomic E-state index is 14.3. The number of nitrogens with zero attached hydrogens (tertiary/aromatic N) is 4. The Bertz CT molecular complexity index is 2780. The van der Waals surface area contributed by atoms with Crippen molar-refractivity contribution in [3.8, 4) is 22.4 Å². The molecule has 332 valence electrons. The van der Waals surface area contributed by atoms with Crippen LogP contribution in [0.4, 0.5) is 9.59 Å². The minimum absolute atomic E-state index is 0.127. The smallest absolute Gasteiger partial charge is 0.408 e. The quantitative estimate of drug-likeness (QED) is 0.105. The van der Waals surface area contributed by atoms with E-state index in [0.717, 1.165) is 46.0 Å². The van der Waals surface area contributed by atoms with Gasteiger partial charge in [0.15, 0.2) is 0 Å². The summed E-state index contributed by atoms with van der Waals surface area (Å²) in [6.45, 7) is 10.1. The molecule has 0 saturated carbocycles. The van der Waals surface area contributed by atoms with Crippen LogP contribution in [0, 0.1) is 5.92 Å². The summed E-state index contributed by atoms with van der Waals surface area (Å²) in [6.07, 6.45) is 3.32. The Morgan fingerprint density at radius 3 is 2.05 bits per heavy atom. The number of aromatic nitrogens is 4. The number of ether oxygens (including phenoxy) is 2. The maximum Gasteiger partial charge on any atom is 0.408 e. The molecule has 4 aromatic carbocycles. The second-order valence-corrected chi connectivity index (χ2v) is 17.9. The summed E-state index contributed by atoms with van der Waals surface area (Å²) in [4.78, 5) is 86.0. The molecular weight excluding hydrogens is 813 g/mol. The van der Waals surface area contributed by atoms with Crippen LogP contribution >= 0.6 is 0 Å². The second-order valence-electron chi connectivity index (χ2n) is 17.9. The van der Waals surface area contributed by atoms with Crippen LogP contribution in [0.3, 0.4) is 0 Å². The predicted octanol–water partition coefficient (Wildman–Crippen LogP) is 8.11. The number of benzene rings is 4. The Hall–Kier alpha value is -7.03. The molecule has 2 saturated heterocycles. The normalized spacial score (nSPS) is 17.4. The predicted molar refractivity (Wildman–Crippen MR) is 243 cm³/mol. The monoisotopic (exact) mass is 866 g/mol. The highest BCUT2D eigenvalue weighted by Gasteiger charge is 2.39. The molecule has 6 aromatic rings. The number of hydrogen-bond acceptors (Lipinski definition) is 9. The van der Waals surface area contributed by atoms with Crippen molar-refractivity contribution in [3.63, 3.8) is 0 Å². The number of amides is 4. The van der Waals surface area contributed by atoms with Gasteiger partial charge in [-0.3, -0.25) is 14.4 Å². The standard InChI is InChI=1S/C49H54N8O7/c1-28(2)40(53-47(61)63-6)45(59)56-22-10-14-38(56)42-50-27-37(52-42)34-19-18-30-24-31(16-17-32(30)25-34)33-20-21-35-36(26-33)51-43(55-44(35)58)39-15-11-23-57(39)46(60)41(29-12-8-7-9-13-29)54-48(62)64-49(3,4)5/h7-9,12-13,16-21,24-28,38-41H,10-11,14-15,22-23H2,1-6H3,(H,50,52)(H,53,61)(H,54,62)(H,51,55,58)/t38-,39+,40-,41-/m1/s1. The fraction of sp³-hybridized carbons (Fsp3) is 0.367. The summed E-state index contributed by atoms with van der Waals surface area (Å²) >= 11 is 0. The SMILES string of the molecule is COC(=O)N[C@@H](C(=O)N1CCC[C@@H]1c1ncc(-c2ccc3cc(-c4ccc5c(=O)[nH]c([C@@H]6CCCN6C(=O)[C@H](NC(=O)OC(C)(C)C)c6ccccc6)nc5c4)ccc3c2)[nH]1)C(C)C. The zero-order valence-corrected chi connectivity index (χ0v) is 36.9. The molecule has 15 nitrogen and oxygen atoms in total. The molecule has 2 aliphatic rings. The van der Waals surface area contributed by atoms with Crippen molar-refractivity contribution in [2.24, 2.45) is 5.92 Å². The first-order chi connectivity index (χ1) is 30.7. The summed E-state index contributed by atoms with van der Waals surface area (Å²) in [5.74, 6) is 0.481. The highest BCUT2D eigenvalue weighted by atomic mass is 16.6. The van der Waals surface area contributed by atoms with E-state index in [9.17, 15) is 24.0 Å². The van der Waals surface area contributed by atoms with Crippen LogP contribution in [0.2, 0.25) is 0 Å². The van der Waals surface area contributed by atoms with E-state index in [1.807, 2.05) is 56.3 Å². The van der Waals surface area contributed by atoms with E-state index in [0.29, 0.717) is 54.0 Å². The highest BCUT2D eigenvalue weighted by Crippen LogP contribution is 2.36. The molecule has 2 aromatic heterocycles. The first-order valence-corrected chi connectivity index (χ1v) is 21.8. The van der Waals surface area contributed by atoms with E-state index in [-0.39, 0.29) is 29.3 Å². The van der Waals surface area contributed by atoms with Gasteiger partial charge in [-0.25, -0.2) is 19.6 Å². The molecule has 2 fully saturated rings. The van der Waals surface area contributed by atoms with Gasteiger partial charge in [0.25, 0.3) is 11.5 Å². The fourth-order valence-corrected chi connectivity index (χ4v) is 8.77. The van der Waals surface area contributed by atoms with E-state index in [4.69, 9.17) is 19.4 Å². The van der Waals surface area contributed by atoms with Crippen molar-refractivity contribution in [2.45, 2.75) is 90.1 Å². The first-order valence-electron chi connectivity index (χ1n) is 21.8. The highest BCUT2D eigenvalue weighted by molar-refractivity contribution is 5.92. The Balaban J connectivity index is 1.02. The van der Waals surface area contributed by atoms with E-state index in [1.165, 1.54) is 7.11 Å².